The molecule has 130 valence electrons. The van der Waals surface area contributed by atoms with Crippen molar-refractivity contribution in [1.29, 1.82) is 0 Å². The van der Waals surface area contributed by atoms with Crippen LogP contribution < -0.4 is 5.32 Å². The van der Waals surface area contributed by atoms with E-state index in [2.05, 4.69) is 5.32 Å². The van der Waals surface area contributed by atoms with Gasteiger partial charge in [-0.1, -0.05) is 12.1 Å². The Morgan fingerprint density at radius 1 is 1.00 bits per heavy atom. The quantitative estimate of drug-likeness (QED) is 0.573. The van der Waals surface area contributed by atoms with Gasteiger partial charge < -0.3 is 14.3 Å². The van der Waals surface area contributed by atoms with Gasteiger partial charge in [0.25, 0.3) is 5.91 Å². The molecule has 1 N–H and O–H groups in total. The smallest absolute Gasteiger partial charge is 0.272 e. The van der Waals surface area contributed by atoms with Crippen molar-refractivity contribution in [3.63, 3.8) is 0 Å². The molecule has 4 rings (SSSR count). The molecule has 0 atom stereocenters. The third kappa shape index (κ3) is 3.09. The van der Waals surface area contributed by atoms with Crippen LogP contribution in [0.5, 0.6) is 0 Å². The minimum Gasteiger partial charge on any atom is -0.463 e. The summed E-state index contributed by atoms with van der Waals surface area (Å²) in [5, 5.41) is 2.73. The SMILES string of the molecule is O=C(Nc1ccc(F)cc1)c1cc2occc2n1Cc1cccc(F)c1. The van der Waals surface area contributed by atoms with Gasteiger partial charge in [-0.25, -0.2) is 8.78 Å². The van der Waals surface area contributed by atoms with E-state index < -0.39 is 0 Å². The van der Waals surface area contributed by atoms with Crippen molar-refractivity contribution in [2.24, 2.45) is 0 Å². The van der Waals surface area contributed by atoms with Crippen molar-refractivity contribution in [2.75, 3.05) is 5.32 Å². The van der Waals surface area contributed by atoms with Crippen molar-refractivity contribution in [1.82, 2.24) is 4.57 Å². The second-order valence-corrected chi connectivity index (χ2v) is 5.88. The molecular weight excluding hydrogens is 338 g/mol. The van der Waals surface area contributed by atoms with Crippen LogP contribution in [0.4, 0.5) is 14.5 Å². The number of carbonyl (C=O) groups excluding carboxylic acids is 1. The number of hydrogen-bond donors (Lipinski definition) is 1. The van der Waals surface area contributed by atoms with E-state index in [1.54, 1.807) is 28.8 Å². The number of halogens is 2. The van der Waals surface area contributed by atoms with E-state index in [9.17, 15) is 13.6 Å². The second-order valence-electron chi connectivity index (χ2n) is 5.88. The lowest BCUT2D eigenvalue weighted by Gasteiger charge is -2.11. The zero-order valence-corrected chi connectivity index (χ0v) is 13.6. The molecule has 0 aliphatic carbocycles. The van der Waals surface area contributed by atoms with Gasteiger partial charge in [0.2, 0.25) is 0 Å². The monoisotopic (exact) mass is 352 g/mol. The summed E-state index contributed by atoms with van der Waals surface area (Å²) in [5.41, 5.74) is 2.86. The summed E-state index contributed by atoms with van der Waals surface area (Å²) in [7, 11) is 0. The minimum absolute atomic E-state index is 0.312. The Labute approximate surface area is 147 Å². The van der Waals surface area contributed by atoms with E-state index in [-0.39, 0.29) is 17.5 Å². The van der Waals surface area contributed by atoms with E-state index in [4.69, 9.17) is 4.42 Å². The number of nitrogens with zero attached hydrogens (tertiary/aromatic N) is 1. The minimum atomic E-state index is -0.380. The van der Waals surface area contributed by atoms with E-state index in [1.165, 1.54) is 42.7 Å². The molecular formula is C20H14F2N2O2. The normalized spacial score (nSPS) is 11.0. The second kappa shape index (κ2) is 6.48. The van der Waals surface area contributed by atoms with E-state index in [0.717, 1.165) is 11.1 Å². The topological polar surface area (TPSA) is 47.2 Å². The maximum Gasteiger partial charge on any atom is 0.272 e. The average molecular weight is 352 g/mol. The number of furan rings is 1. The molecule has 0 saturated heterocycles. The summed E-state index contributed by atoms with van der Waals surface area (Å²) in [4.78, 5) is 12.7. The molecule has 2 aromatic carbocycles. The van der Waals surface area contributed by atoms with Crippen LogP contribution >= 0.6 is 0 Å². The maximum atomic E-state index is 13.5. The predicted molar refractivity (Wildman–Crippen MR) is 94.1 cm³/mol. The number of nitrogens with one attached hydrogen (secondary N) is 1. The highest BCUT2D eigenvalue weighted by Crippen LogP contribution is 2.23. The van der Waals surface area contributed by atoms with Crippen LogP contribution in [-0.4, -0.2) is 10.5 Å². The molecule has 0 unspecified atom stereocenters. The number of benzene rings is 2. The number of hydrogen-bond acceptors (Lipinski definition) is 2. The summed E-state index contributed by atoms with van der Waals surface area (Å²) < 4.78 is 33.7. The van der Waals surface area contributed by atoms with Crippen molar-refractivity contribution >= 4 is 22.7 Å². The molecule has 0 saturated carbocycles. The van der Waals surface area contributed by atoms with E-state index in [0.29, 0.717) is 23.5 Å². The first-order chi connectivity index (χ1) is 12.6. The van der Waals surface area contributed by atoms with Crippen molar-refractivity contribution in [3.05, 3.63) is 89.8 Å². The van der Waals surface area contributed by atoms with Crippen LogP contribution in [0.2, 0.25) is 0 Å². The van der Waals surface area contributed by atoms with Crippen molar-refractivity contribution in [3.8, 4) is 0 Å². The Kier molecular flexibility index (Phi) is 4.01. The fraction of sp³-hybridized carbons (Fsp3) is 0.0500. The number of anilines is 1. The largest absolute Gasteiger partial charge is 0.463 e. The van der Waals surface area contributed by atoms with E-state index >= 15 is 0 Å². The van der Waals surface area contributed by atoms with Crippen molar-refractivity contribution < 1.29 is 18.0 Å². The summed E-state index contributed by atoms with van der Waals surface area (Å²) in [6.45, 7) is 0.312. The Balaban J connectivity index is 1.69. The highest BCUT2D eigenvalue weighted by atomic mass is 19.1. The van der Waals surface area contributed by atoms with Gasteiger partial charge in [0.15, 0.2) is 5.58 Å². The lowest BCUT2D eigenvalue weighted by Crippen LogP contribution is -2.17. The molecule has 0 aliphatic heterocycles. The van der Waals surface area contributed by atoms with E-state index in [1.807, 2.05) is 0 Å². The fourth-order valence-corrected chi connectivity index (χ4v) is 2.88. The van der Waals surface area contributed by atoms with Gasteiger partial charge in [-0.05, 0) is 42.0 Å². The third-order valence-electron chi connectivity index (χ3n) is 4.09. The number of carbonyl (C=O) groups is 1. The first-order valence-electron chi connectivity index (χ1n) is 7.98. The molecule has 2 heterocycles. The van der Waals surface area contributed by atoms with Crippen LogP contribution in [0.15, 0.2) is 71.3 Å². The molecule has 0 spiro atoms. The van der Waals surface area contributed by atoms with Gasteiger partial charge in [0.1, 0.15) is 17.3 Å². The zero-order valence-electron chi connectivity index (χ0n) is 13.6. The molecule has 4 aromatic rings. The van der Waals surface area contributed by atoms with Crippen LogP contribution in [-0.2, 0) is 6.54 Å². The van der Waals surface area contributed by atoms with Gasteiger partial charge in [-0.3, -0.25) is 4.79 Å². The Bertz CT molecular complexity index is 1080. The molecule has 0 bridgehead atoms. The molecule has 1 amide bonds. The first-order valence-corrected chi connectivity index (χ1v) is 7.98. The lowest BCUT2D eigenvalue weighted by molar-refractivity contribution is 0.101. The number of amides is 1. The first kappa shape index (κ1) is 16.1. The summed E-state index contributed by atoms with van der Waals surface area (Å²) >= 11 is 0. The van der Waals surface area contributed by atoms with Gasteiger partial charge in [-0.15, -0.1) is 0 Å². The molecule has 6 heteroatoms. The van der Waals surface area contributed by atoms with Crippen LogP contribution in [0.25, 0.3) is 11.1 Å². The molecule has 4 nitrogen and oxygen atoms in total. The zero-order chi connectivity index (χ0) is 18.1. The number of rotatable bonds is 4. The van der Waals surface area contributed by atoms with Crippen LogP contribution in [0.1, 0.15) is 16.1 Å². The summed E-state index contributed by atoms with van der Waals surface area (Å²) in [6.07, 6.45) is 1.54. The predicted octanol–water partition coefficient (Wildman–Crippen LogP) is 4.81. The summed E-state index contributed by atoms with van der Waals surface area (Å²) in [5.74, 6) is -1.08. The molecule has 0 fully saturated rings. The maximum absolute atomic E-state index is 13.5. The third-order valence-corrected chi connectivity index (χ3v) is 4.09. The Hall–Kier alpha value is -3.41. The molecule has 0 aliphatic rings. The van der Waals surface area contributed by atoms with Gasteiger partial charge in [0, 0.05) is 24.4 Å². The van der Waals surface area contributed by atoms with Gasteiger partial charge in [0.05, 0.1) is 11.8 Å². The Morgan fingerprint density at radius 3 is 2.58 bits per heavy atom. The standard InChI is InChI=1S/C20H14F2N2O2/c21-14-4-6-16(7-5-14)23-20(25)18-11-19-17(8-9-26-19)24(18)12-13-2-1-3-15(22)10-13/h1-11H,12H2,(H,23,25). The highest BCUT2D eigenvalue weighted by Gasteiger charge is 2.18. The molecule has 26 heavy (non-hydrogen) atoms. The molecule has 2 aromatic heterocycles. The van der Waals surface area contributed by atoms with Gasteiger partial charge in [-0.2, -0.15) is 0 Å². The fourth-order valence-electron chi connectivity index (χ4n) is 2.88. The highest BCUT2D eigenvalue weighted by molar-refractivity contribution is 6.05. The van der Waals surface area contributed by atoms with Gasteiger partial charge >= 0.3 is 0 Å². The van der Waals surface area contributed by atoms with Crippen LogP contribution in [0.3, 0.4) is 0 Å². The Morgan fingerprint density at radius 2 is 1.81 bits per heavy atom. The molecule has 0 radical (unpaired) electrons. The number of fused-ring (bicyclic) bond motifs is 1. The van der Waals surface area contributed by atoms with Crippen LogP contribution in [0, 0.1) is 11.6 Å². The lowest BCUT2D eigenvalue weighted by atomic mass is 10.2. The van der Waals surface area contributed by atoms with Crippen molar-refractivity contribution in [2.45, 2.75) is 6.54 Å². The average Bonchev–Trinajstić information content (AvgIpc) is 3.20. The summed E-state index contributed by atoms with van der Waals surface area (Å²) in [6, 6.07) is 15.1. The number of aromatic nitrogens is 1.